The topological polar surface area (TPSA) is 119 Å². The number of piperidine rings is 1. The average molecular weight is 523 g/mol. The van der Waals surface area contributed by atoms with Gasteiger partial charge in [0.2, 0.25) is 0 Å². The molecular weight excluding hydrogens is 498 g/mol. The number of halogens is 3. The van der Waals surface area contributed by atoms with E-state index in [0.29, 0.717) is 27.5 Å². The van der Waals surface area contributed by atoms with Crippen molar-refractivity contribution in [3.05, 3.63) is 58.2 Å². The van der Waals surface area contributed by atoms with Gasteiger partial charge in [0.05, 0.1) is 17.8 Å². The number of hydroxylamine groups is 1. The van der Waals surface area contributed by atoms with Crippen molar-refractivity contribution in [2.45, 2.75) is 31.8 Å². The zero-order chi connectivity index (χ0) is 24.9. The third-order valence-corrected chi connectivity index (χ3v) is 6.66. The van der Waals surface area contributed by atoms with Crippen molar-refractivity contribution in [1.82, 2.24) is 25.1 Å². The van der Waals surface area contributed by atoms with Crippen LogP contribution in [0.15, 0.2) is 36.8 Å². The normalized spacial score (nSPS) is 15.1. The second-order valence-corrected chi connectivity index (χ2v) is 8.97. The second-order valence-electron chi connectivity index (χ2n) is 8.18. The minimum Gasteiger partial charge on any atom is -0.489 e. The van der Waals surface area contributed by atoms with Gasteiger partial charge >= 0.3 is 0 Å². The molecule has 0 aliphatic carbocycles. The van der Waals surface area contributed by atoms with Gasteiger partial charge in [0.25, 0.3) is 5.91 Å². The molecule has 0 saturated carbocycles. The molecule has 2 aromatic heterocycles. The summed E-state index contributed by atoms with van der Waals surface area (Å²) < 4.78 is 21.1. The number of amides is 1. The van der Waals surface area contributed by atoms with Crippen molar-refractivity contribution in [2.75, 3.05) is 25.4 Å². The SMILES string of the molecule is Nc1ncc(-c2cnn(C(C(=O)NO)N3CCCCC3)c2)cc1OCCc1c(Cl)ccc(F)c1Cl. The van der Waals surface area contributed by atoms with Crippen LogP contribution in [-0.2, 0) is 11.2 Å². The van der Waals surface area contributed by atoms with Gasteiger partial charge in [-0.15, -0.1) is 0 Å². The monoisotopic (exact) mass is 522 g/mol. The number of hydrogen-bond acceptors (Lipinski definition) is 7. The molecular formula is C23H25Cl2FN6O3. The lowest BCUT2D eigenvalue weighted by molar-refractivity contribution is -0.139. The number of nitrogens with two attached hydrogens (primary N) is 1. The Balaban J connectivity index is 1.51. The summed E-state index contributed by atoms with van der Waals surface area (Å²) >= 11 is 12.2. The number of nitrogens with one attached hydrogen (secondary N) is 1. The number of pyridine rings is 1. The van der Waals surface area contributed by atoms with Crippen molar-refractivity contribution in [2.24, 2.45) is 0 Å². The van der Waals surface area contributed by atoms with Crippen LogP contribution in [0.5, 0.6) is 5.75 Å². The van der Waals surface area contributed by atoms with Crippen molar-refractivity contribution in [3.8, 4) is 16.9 Å². The lowest BCUT2D eigenvalue weighted by Crippen LogP contribution is -2.45. The lowest BCUT2D eigenvalue weighted by Gasteiger charge is -2.32. The molecule has 1 unspecified atom stereocenters. The van der Waals surface area contributed by atoms with E-state index in [1.54, 1.807) is 30.1 Å². The van der Waals surface area contributed by atoms with E-state index in [1.165, 1.54) is 16.8 Å². The number of benzene rings is 1. The van der Waals surface area contributed by atoms with Crippen LogP contribution in [0.1, 0.15) is 31.0 Å². The molecule has 35 heavy (non-hydrogen) atoms. The maximum absolute atomic E-state index is 13.8. The van der Waals surface area contributed by atoms with E-state index in [-0.39, 0.29) is 23.9 Å². The Kier molecular flexibility index (Phi) is 8.07. The van der Waals surface area contributed by atoms with Crippen LogP contribution < -0.4 is 16.0 Å². The molecule has 0 bridgehead atoms. The van der Waals surface area contributed by atoms with Crippen LogP contribution in [0.3, 0.4) is 0 Å². The molecule has 4 N–H and O–H groups in total. The number of carbonyl (C=O) groups is 1. The van der Waals surface area contributed by atoms with E-state index in [2.05, 4.69) is 10.1 Å². The van der Waals surface area contributed by atoms with Gasteiger partial charge in [-0.3, -0.25) is 14.9 Å². The van der Waals surface area contributed by atoms with Crippen LogP contribution in [0, 0.1) is 5.82 Å². The fraction of sp³-hybridized carbons (Fsp3) is 0.348. The molecule has 186 valence electrons. The molecule has 1 amide bonds. The molecule has 0 spiro atoms. The van der Waals surface area contributed by atoms with Gasteiger partial charge in [-0.05, 0) is 36.6 Å². The van der Waals surface area contributed by atoms with Crippen molar-refractivity contribution >= 4 is 34.9 Å². The standard InChI is InChI=1S/C23H25Cl2FN6O3/c24-17-4-5-18(26)20(25)16(17)6-9-35-19-10-14(11-28-21(19)27)15-12-29-32(13-15)23(22(33)30-34)31-7-2-1-3-8-31/h4-5,10-13,23,34H,1-3,6-9H2,(H2,27,28)(H,30,33). The molecule has 1 aliphatic heterocycles. The van der Waals surface area contributed by atoms with Gasteiger partial charge in [0, 0.05) is 48.1 Å². The molecule has 1 saturated heterocycles. The Morgan fingerprint density at radius 2 is 2.00 bits per heavy atom. The van der Waals surface area contributed by atoms with Crippen LogP contribution in [0.2, 0.25) is 10.0 Å². The number of nitrogens with zero attached hydrogens (tertiary/aromatic N) is 4. The third-order valence-electron chi connectivity index (χ3n) is 5.90. The van der Waals surface area contributed by atoms with Gasteiger partial charge in [-0.25, -0.2) is 19.5 Å². The Morgan fingerprint density at radius 3 is 2.74 bits per heavy atom. The number of nitrogen functional groups attached to an aromatic ring is 1. The van der Waals surface area contributed by atoms with Crippen LogP contribution in [0.4, 0.5) is 10.2 Å². The Hall–Kier alpha value is -2.92. The molecule has 1 aromatic carbocycles. The Bertz CT molecular complexity index is 1200. The van der Waals surface area contributed by atoms with Gasteiger partial charge in [0.1, 0.15) is 5.82 Å². The fourth-order valence-corrected chi connectivity index (χ4v) is 4.64. The van der Waals surface area contributed by atoms with Crippen molar-refractivity contribution < 1.29 is 19.1 Å². The first-order valence-electron chi connectivity index (χ1n) is 11.1. The predicted molar refractivity (Wildman–Crippen MR) is 130 cm³/mol. The summed E-state index contributed by atoms with van der Waals surface area (Å²) in [6.07, 6.45) is 7.42. The number of aromatic nitrogens is 3. The minimum atomic E-state index is -0.771. The van der Waals surface area contributed by atoms with E-state index in [4.69, 9.17) is 33.7 Å². The number of ether oxygens (including phenoxy) is 1. The highest BCUT2D eigenvalue weighted by atomic mass is 35.5. The van der Waals surface area contributed by atoms with Crippen molar-refractivity contribution in [3.63, 3.8) is 0 Å². The van der Waals surface area contributed by atoms with Crippen LogP contribution in [0.25, 0.3) is 11.1 Å². The first kappa shape index (κ1) is 25.2. The smallest absolute Gasteiger partial charge is 0.283 e. The highest BCUT2D eigenvalue weighted by Crippen LogP contribution is 2.30. The Morgan fingerprint density at radius 1 is 1.23 bits per heavy atom. The summed E-state index contributed by atoms with van der Waals surface area (Å²) in [5.74, 6) is -0.595. The summed E-state index contributed by atoms with van der Waals surface area (Å²) in [5, 5.41) is 13.9. The zero-order valence-electron chi connectivity index (χ0n) is 18.8. The largest absolute Gasteiger partial charge is 0.489 e. The summed E-state index contributed by atoms with van der Waals surface area (Å²) in [5.41, 5.74) is 9.53. The summed E-state index contributed by atoms with van der Waals surface area (Å²) in [6.45, 7) is 1.60. The Labute approximate surface area is 211 Å². The first-order valence-corrected chi connectivity index (χ1v) is 11.9. The molecule has 3 heterocycles. The highest BCUT2D eigenvalue weighted by Gasteiger charge is 2.29. The van der Waals surface area contributed by atoms with E-state index in [0.717, 1.165) is 32.4 Å². The van der Waals surface area contributed by atoms with E-state index in [9.17, 15) is 14.4 Å². The lowest BCUT2D eigenvalue weighted by atomic mass is 10.1. The molecule has 12 heteroatoms. The maximum Gasteiger partial charge on any atom is 0.283 e. The minimum absolute atomic E-state index is 0.0384. The molecule has 0 radical (unpaired) electrons. The third kappa shape index (κ3) is 5.67. The molecule has 1 fully saturated rings. The van der Waals surface area contributed by atoms with Crippen molar-refractivity contribution in [1.29, 1.82) is 0 Å². The number of hydrogen-bond donors (Lipinski definition) is 3. The number of likely N-dealkylation sites (tertiary alicyclic amines) is 1. The van der Waals surface area contributed by atoms with E-state index < -0.39 is 17.9 Å². The molecule has 9 nitrogen and oxygen atoms in total. The highest BCUT2D eigenvalue weighted by molar-refractivity contribution is 6.36. The fourth-order valence-electron chi connectivity index (χ4n) is 4.08. The summed E-state index contributed by atoms with van der Waals surface area (Å²) in [4.78, 5) is 18.6. The number of rotatable bonds is 8. The molecule has 1 aliphatic rings. The number of carbonyl (C=O) groups excluding carboxylic acids is 1. The average Bonchev–Trinajstić information content (AvgIpc) is 3.35. The van der Waals surface area contributed by atoms with Gasteiger partial charge < -0.3 is 10.5 Å². The molecule has 1 atom stereocenters. The van der Waals surface area contributed by atoms with Gasteiger partial charge in [-0.1, -0.05) is 29.6 Å². The van der Waals surface area contributed by atoms with Gasteiger partial charge in [0.15, 0.2) is 17.7 Å². The van der Waals surface area contributed by atoms with Crippen LogP contribution in [-0.4, -0.2) is 50.5 Å². The number of anilines is 1. The van der Waals surface area contributed by atoms with Crippen LogP contribution >= 0.6 is 23.2 Å². The summed E-state index contributed by atoms with van der Waals surface area (Å²) in [6, 6.07) is 4.36. The molecule has 4 rings (SSSR count). The second kappa shape index (κ2) is 11.2. The maximum atomic E-state index is 13.8. The molecule has 3 aromatic rings. The zero-order valence-corrected chi connectivity index (χ0v) is 20.3. The summed E-state index contributed by atoms with van der Waals surface area (Å²) in [7, 11) is 0. The quantitative estimate of drug-likeness (QED) is 0.231. The van der Waals surface area contributed by atoms with E-state index >= 15 is 0 Å². The van der Waals surface area contributed by atoms with E-state index in [1.807, 2.05) is 4.90 Å². The van der Waals surface area contributed by atoms with Gasteiger partial charge in [-0.2, -0.15) is 5.10 Å². The first-order chi connectivity index (χ1) is 16.9. The predicted octanol–water partition coefficient (Wildman–Crippen LogP) is 4.08.